The molecule has 6 nitrogen and oxygen atoms in total. The molecule has 0 spiro atoms. The fraction of sp³-hybridized carbons (Fsp3) is 0.276. The number of rotatable bonds is 8. The fourth-order valence-electron chi connectivity index (χ4n) is 4.14. The quantitative estimate of drug-likeness (QED) is 0.275. The van der Waals surface area contributed by atoms with Crippen LogP contribution in [0.4, 0.5) is 0 Å². The van der Waals surface area contributed by atoms with Crippen molar-refractivity contribution in [2.24, 2.45) is 5.92 Å². The van der Waals surface area contributed by atoms with Crippen molar-refractivity contribution < 1.29 is 19.4 Å². The van der Waals surface area contributed by atoms with Crippen LogP contribution < -0.4 is 4.74 Å². The van der Waals surface area contributed by atoms with Gasteiger partial charge in [-0.1, -0.05) is 51.1 Å². The van der Waals surface area contributed by atoms with Crippen LogP contribution in [0.1, 0.15) is 49.1 Å². The molecule has 2 aromatic carbocycles. The molecule has 1 aliphatic heterocycles. The molecule has 0 radical (unpaired) electrons. The van der Waals surface area contributed by atoms with Gasteiger partial charge in [0, 0.05) is 24.5 Å². The summed E-state index contributed by atoms with van der Waals surface area (Å²) in [5.74, 6) is -0.470. The fourth-order valence-corrected chi connectivity index (χ4v) is 4.14. The number of benzene rings is 2. The number of amides is 1. The number of likely N-dealkylation sites (tertiary alicyclic amines) is 1. The summed E-state index contributed by atoms with van der Waals surface area (Å²) in [4.78, 5) is 32.0. The monoisotopic (exact) mass is 470 g/mol. The van der Waals surface area contributed by atoms with Crippen LogP contribution in [0.2, 0.25) is 0 Å². The molecule has 1 amide bonds. The van der Waals surface area contributed by atoms with Crippen LogP contribution in [0.3, 0.4) is 0 Å². The van der Waals surface area contributed by atoms with E-state index in [1.54, 1.807) is 42.7 Å². The third-order valence-corrected chi connectivity index (χ3v) is 6.03. The molecule has 2 heterocycles. The van der Waals surface area contributed by atoms with Gasteiger partial charge in [0.2, 0.25) is 0 Å². The summed E-state index contributed by atoms with van der Waals surface area (Å²) in [6, 6.07) is 17.7. The van der Waals surface area contributed by atoms with E-state index < -0.39 is 17.7 Å². The van der Waals surface area contributed by atoms with Crippen LogP contribution in [0.15, 0.2) is 78.6 Å². The van der Waals surface area contributed by atoms with Gasteiger partial charge in [0.15, 0.2) is 0 Å². The third kappa shape index (κ3) is 5.27. The molecule has 180 valence electrons. The molecular formula is C29H30N2O4. The van der Waals surface area contributed by atoms with Gasteiger partial charge in [-0.25, -0.2) is 0 Å². The lowest BCUT2D eigenvalue weighted by molar-refractivity contribution is -0.140. The number of carbonyl (C=O) groups is 2. The van der Waals surface area contributed by atoms with Crippen molar-refractivity contribution in [2.45, 2.75) is 39.8 Å². The minimum Gasteiger partial charge on any atom is -0.507 e. The summed E-state index contributed by atoms with van der Waals surface area (Å²) in [5, 5.41) is 11.3. The molecule has 3 aromatic rings. The molecule has 1 fully saturated rings. The number of ether oxygens (including phenoxy) is 1. The van der Waals surface area contributed by atoms with E-state index in [0.717, 1.165) is 23.1 Å². The van der Waals surface area contributed by atoms with Gasteiger partial charge < -0.3 is 14.7 Å². The van der Waals surface area contributed by atoms with Gasteiger partial charge in [-0.15, -0.1) is 0 Å². The molecule has 1 aliphatic rings. The third-order valence-electron chi connectivity index (χ3n) is 6.03. The Kier molecular flexibility index (Phi) is 7.30. The Bertz CT molecular complexity index is 1220. The van der Waals surface area contributed by atoms with E-state index in [2.05, 4.69) is 25.8 Å². The highest BCUT2D eigenvalue weighted by atomic mass is 16.5. The molecule has 1 atom stereocenters. The molecule has 4 rings (SSSR count). The maximum atomic E-state index is 13.2. The first-order valence-electron chi connectivity index (χ1n) is 11.9. The molecule has 0 saturated carbocycles. The maximum absolute atomic E-state index is 13.2. The Morgan fingerprint density at radius 1 is 1.03 bits per heavy atom. The van der Waals surface area contributed by atoms with E-state index in [1.807, 2.05) is 30.3 Å². The first-order valence-corrected chi connectivity index (χ1v) is 11.9. The van der Waals surface area contributed by atoms with Crippen molar-refractivity contribution in [1.82, 2.24) is 9.88 Å². The highest BCUT2D eigenvalue weighted by Gasteiger charge is 2.46. The van der Waals surface area contributed by atoms with E-state index in [1.165, 1.54) is 4.90 Å². The van der Waals surface area contributed by atoms with E-state index in [9.17, 15) is 14.7 Å². The summed E-state index contributed by atoms with van der Waals surface area (Å²) >= 11 is 0. The lowest BCUT2D eigenvalue weighted by Crippen LogP contribution is -2.29. The van der Waals surface area contributed by atoms with Crippen LogP contribution in [0.5, 0.6) is 5.75 Å². The molecule has 1 aromatic heterocycles. The molecule has 1 unspecified atom stereocenters. The minimum atomic E-state index is -0.710. The number of carbonyl (C=O) groups excluding carboxylic acids is 2. The second-order valence-electron chi connectivity index (χ2n) is 9.11. The lowest BCUT2D eigenvalue weighted by atomic mass is 9.94. The van der Waals surface area contributed by atoms with E-state index in [4.69, 9.17) is 4.74 Å². The Morgan fingerprint density at radius 3 is 2.34 bits per heavy atom. The van der Waals surface area contributed by atoms with E-state index in [-0.39, 0.29) is 17.9 Å². The standard InChI is InChI=1S/C29H30N2O4/c1-4-20-7-9-22(10-8-20)26-25(27(32)23-11-13-24(14-12-23)35-18-19(2)3)28(33)29(34)31(26)17-21-6-5-15-30-16-21/h5-16,19,26,32H,4,17-18H2,1-3H3/b27-25+. The van der Waals surface area contributed by atoms with Crippen LogP contribution >= 0.6 is 0 Å². The zero-order chi connectivity index (χ0) is 24.9. The predicted octanol–water partition coefficient (Wildman–Crippen LogP) is 5.30. The minimum absolute atomic E-state index is 0.0824. The average molecular weight is 471 g/mol. The van der Waals surface area contributed by atoms with Crippen LogP contribution in [-0.2, 0) is 22.6 Å². The lowest BCUT2D eigenvalue weighted by Gasteiger charge is -2.25. The number of hydrogen-bond donors (Lipinski definition) is 1. The molecule has 1 saturated heterocycles. The first kappa shape index (κ1) is 24.2. The van der Waals surface area contributed by atoms with Crippen molar-refractivity contribution in [3.05, 3.63) is 101 Å². The van der Waals surface area contributed by atoms with Crippen molar-refractivity contribution >= 4 is 17.4 Å². The zero-order valence-corrected chi connectivity index (χ0v) is 20.3. The number of hydrogen-bond acceptors (Lipinski definition) is 5. The number of pyridine rings is 1. The largest absolute Gasteiger partial charge is 0.507 e. The van der Waals surface area contributed by atoms with Gasteiger partial charge >= 0.3 is 0 Å². The van der Waals surface area contributed by atoms with Gasteiger partial charge in [0.1, 0.15) is 11.5 Å². The van der Waals surface area contributed by atoms with Crippen molar-refractivity contribution in [1.29, 1.82) is 0 Å². The predicted molar refractivity (Wildman–Crippen MR) is 135 cm³/mol. The highest BCUT2D eigenvalue weighted by Crippen LogP contribution is 2.40. The summed E-state index contributed by atoms with van der Waals surface area (Å²) in [6.45, 7) is 6.99. The SMILES string of the molecule is CCc1ccc(C2/C(=C(\O)c3ccc(OCC(C)C)cc3)C(=O)C(=O)N2Cc2cccnc2)cc1. The van der Waals surface area contributed by atoms with Crippen molar-refractivity contribution in [3.63, 3.8) is 0 Å². The van der Waals surface area contributed by atoms with Crippen LogP contribution in [0.25, 0.3) is 5.76 Å². The number of aromatic nitrogens is 1. The van der Waals surface area contributed by atoms with Gasteiger partial charge in [0.05, 0.1) is 18.2 Å². The number of Topliss-reactive ketones (excluding diaryl/α,β-unsaturated/α-hetero) is 1. The summed E-state index contributed by atoms with van der Waals surface area (Å²) < 4.78 is 5.73. The second kappa shape index (κ2) is 10.6. The summed E-state index contributed by atoms with van der Waals surface area (Å²) in [5.41, 5.74) is 3.25. The normalized spacial score (nSPS) is 17.3. The van der Waals surface area contributed by atoms with Gasteiger partial charge in [-0.2, -0.15) is 0 Å². The molecule has 1 N–H and O–H groups in total. The Hall–Kier alpha value is -3.93. The molecule has 0 aliphatic carbocycles. The maximum Gasteiger partial charge on any atom is 0.295 e. The van der Waals surface area contributed by atoms with Gasteiger partial charge in [-0.3, -0.25) is 14.6 Å². The average Bonchev–Trinajstić information content (AvgIpc) is 3.13. The van der Waals surface area contributed by atoms with Crippen molar-refractivity contribution in [2.75, 3.05) is 6.61 Å². The smallest absolute Gasteiger partial charge is 0.295 e. The molecule has 0 bridgehead atoms. The Balaban J connectivity index is 1.75. The molecule has 6 heteroatoms. The number of aryl methyl sites for hydroxylation is 1. The Labute approximate surface area is 205 Å². The topological polar surface area (TPSA) is 79.7 Å². The highest BCUT2D eigenvalue weighted by molar-refractivity contribution is 6.46. The van der Waals surface area contributed by atoms with E-state index in [0.29, 0.717) is 23.8 Å². The number of aliphatic hydroxyl groups excluding tert-OH is 1. The number of ketones is 1. The number of aliphatic hydroxyl groups is 1. The van der Waals surface area contributed by atoms with Crippen LogP contribution in [-0.4, -0.2) is 33.3 Å². The summed E-state index contributed by atoms with van der Waals surface area (Å²) in [7, 11) is 0. The number of nitrogens with zero attached hydrogens (tertiary/aromatic N) is 2. The molecular weight excluding hydrogens is 440 g/mol. The van der Waals surface area contributed by atoms with Gasteiger partial charge in [-0.05, 0) is 59.4 Å². The Morgan fingerprint density at radius 2 is 1.74 bits per heavy atom. The first-order chi connectivity index (χ1) is 16.9. The van der Waals surface area contributed by atoms with E-state index >= 15 is 0 Å². The second-order valence-corrected chi connectivity index (χ2v) is 9.11. The van der Waals surface area contributed by atoms with Crippen molar-refractivity contribution in [3.8, 4) is 5.75 Å². The molecule has 35 heavy (non-hydrogen) atoms. The summed E-state index contributed by atoms with van der Waals surface area (Å²) in [6.07, 6.45) is 4.21. The van der Waals surface area contributed by atoms with Crippen LogP contribution in [0, 0.1) is 5.92 Å². The zero-order valence-electron chi connectivity index (χ0n) is 20.3. The van der Waals surface area contributed by atoms with Gasteiger partial charge in [0.25, 0.3) is 11.7 Å².